The standard InChI is InChI=1S/C20H38O3Si/c1-5-24(6-2,7-3)23-20-16-11-9-8-10-14-19(22-18(4)21)15-12-13-17-20/h13,17,19-20H,5-12,14-16H2,1-4H3/b17-13+. The Bertz CT molecular complexity index is 369. The van der Waals surface area contributed by atoms with Gasteiger partial charge in [-0.3, -0.25) is 4.79 Å². The van der Waals surface area contributed by atoms with Crippen LogP contribution >= 0.6 is 0 Å². The summed E-state index contributed by atoms with van der Waals surface area (Å²) in [6, 6.07) is 3.62. The predicted octanol–water partition coefficient (Wildman–Crippen LogP) is 6.00. The molecule has 0 bridgehead atoms. The monoisotopic (exact) mass is 354 g/mol. The molecule has 0 fully saturated rings. The zero-order chi connectivity index (χ0) is 17.8. The first-order valence-electron chi connectivity index (χ1n) is 10.1. The molecule has 0 aromatic carbocycles. The van der Waals surface area contributed by atoms with Gasteiger partial charge in [0.25, 0.3) is 0 Å². The second-order valence-electron chi connectivity index (χ2n) is 7.13. The van der Waals surface area contributed by atoms with E-state index in [-0.39, 0.29) is 18.2 Å². The molecular weight excluding hydrogens is 316 g/mol. The molecule has 0 amide bonds. The van der Waals surface area contributed by atoms with E-state index in [2.05, 4.69) is 32.9 Å². The lowest BCUT2D eigenvalue weighted by molar-refractivity contribution is -0.147. The quantitative estimate of drug-likeness (QED) is 0.333. The molecule has 24 heavy (non-hydrogen) atoms. The van der Waals surface area contributed by atoms with Crippen LogP contribution in [0, 0.1) is 0 Å². The minimum Gasteiger partial charge on any atom is -0.463 e. The molecule has 4 heteroatoms. The molecular formula is C20H38O3Si. The Hall–Kier alpha value is -0.613. The molecule has 1 aliphatic carbocycles. The van der Waals surface area contributed by atoms with Crippen LogP contribution in [0.3, 0.4) is 0 Å². The smallest absolute Gasteiger partial charge is 0.302 e. The molecule has 140 valence electrons. The Morgan fingerprint density at radius 2 is 1.62 bits per heavy atom. The third-order valence-corrected chi connectivity index (χ3v) is 10.1. The zero-order valence-electron chi connectivity index (χ0n) is 16.3. The summed E-state index contributed by atoms with van der Waals surface area (Å²) in [5.74, 6) is -0.151. The molecule has 1 rings (SSSR count). The van der Waals surface area contributed by atoms with Gasteiger partial charge in [0.2, 0.25) is 0 Å². The van der Waals surface area contributed by atoms with Crippen molar-refractivity contribution in [3.63, 3.8) is 0 Å². The molecule has 0 N–H and O–H groups in total. The van der Waals surface area contributed by atoms with Gasteiger partial charge in [-0.15, -0.1) is 0 Å². The number of carbonyl (C=O) groups excluding carboxylic acids is 1. The highest BCUT2D eigenvalue weighted by Gasteiger charge is 2.31. The fraction of sp³-hybridized carbons (Fsp3) is 0.850. The number of ether oxygens (including phenoxy) is 1. The first-order valence-corrected chi connectivity index (χ1v) is 12.6. The summed E-state index contributed by atoms with van der Waals surface area (Å²) in [5.41, 5.74) is 0. The van der Waals surface area contributed by atoms with E-state index >= 15 is 0 Å². The molecule has 1 aliphatic rings. The first-order chi connectivity index (χ1) is 11.5. The molecule has 0 saturated carbocycles. The number of esters is 1. The minimum atomic E-state index is -1.55. The van der Waals surface area contributed by atoms with Crippen LogP contribution in [0.4, 0.5) is 0 Å². The van der Waals surface area contributed by atoms with Crippen LogP contribution in [0.2, 0.25) is 18.1 Å². The summed E-state index contributed by atoms with van der Waals surface area (Å²) in [7, 11) is -1.55. The van der Waals surface area contributed by atoms with Gasteiger partial charge in [0, 0.05) is 6.92 Å². The summed E-state index contributed by atoms with van der Waals surface area (Å²) in [6.07, 6.45) is 13.8. The van der Waals surface area contributed by atoms with Gasteiger partial charge in [0.15, 0.2) is 8.32 Å². The van der Waals surface area contributed by atoms with E-state index < -0.39 is 8.32 Å². The summed E-state index contributed by atoms with van der Waals surface area (Å²) >= 11 is 0. The Balaban J connectivity index is 2.67. The van der Waals surface area contributed by atoms with Crippen molar-refractivity contribution >= 4 is 14.3 Å². The van der Waals surface area contributed by atoms with Crippen molar-refractivity contribution in [3.8, 4) is 0 Å². The molecule has 0 heterocycles. The fourth-order valence-corrected chi connectivity index (χ4v) is 6.45. The van der Waals surface area contributed by atoms with Gasteiger partial charge in [-0.25, -0.2) is 0 Å². The van der Waals surface area contributed by atoms with Gasteiger partial charge in [-0.2, -0.15) is 0 Å². The highest BCUT2D eigenvalue weighted by molar-refractivity contribution is 6.73. The van der Waals surface area contributed by atoms with E-state index in [1.54, 1.807) is 0 Å². The second-order valence-corrected chi connectivity index (χ2v) is 11.9. The molecule has 0 aromatic rings. The van der Waals surface area contributed by atoms with Crippen LogP contribution < -0.4 is 0 Å². The van der Waals surface area contributed by atoms with Crippen molar-refractivity contribution in [2.75, 3.05) is 0 Å². The van der Waals surface area contributed by atoms with E-state index in [0.29, 0.717) is 0 Å². The second kappa shape index (κ2) is 11.9. The predicted molar refractivity (Wildman–Crippen MR) is 104 cm³/mol. The van der Waals surface area contributed by atoms with E-state index in [0.717, 1.165) is 32.1 Å². The first kappa shape index (κ1) is 21.4. The summed E-state index contributed by atoms with van der Waals surface area (Å²) in [4.78, 5) is 11.2. The molecule has 0 aliphatic heterocycles. The van der Waals surface area contributed by atoms with Crippen LogP contribution in [0.1, 0.15) is 79.1 Å². The lowest BCUT2D eigenvalue weighted by Crippen LogP contribution is -2.39. The number of rotatable bonds is 6. The molecule has 2 unspecified atom stereocenters. The van der Waals surface area contributed by atoms with Crippen molar-refractivity contribution in [2.45, 2.75) is 109 Å². The third kappa shape index (κ3) is 7.97. The maximum Gasteiger partial charge on any atom is 0.302 e. The Kier molecular flexibility index (Phi) is 10.6. The largest absolute Gasteiger partial charge is 0.463 e. The highest BCUT2D eigenvalue weighted by Crippen LogP contribution is 2.26. The fourth-order valence-electron chi connectivity index (χ4n) is 3.61. The number of carbonyl (C=O) groups is 1. The van der Waals surface area contributed by atoms with Crippen LogP contribution in [0.15, 0.2) is 12.2 Å². The zero-order valence-corrected chi connectivity index (χ0v) is 17.3. The summed E-state index contributed by atoms with van der Waals surface area (Å²) in [6.45, 7) is 8.40. The van der Waals surface area contributed by atoms with Gasteiger partial charge in [-0.1, -0.05) is 52.2 Å². The molecule has 0 spiro atoms. The Morgan fingerprint density at radius 3 is 2.21 bits per heavy atom. The van der Waals surface area contributed by atoms with Crippen LogP contribution in [-0.2, 0) is 14.0 Å². The molecule has 0 saturated heterocycles. The van der Waals surface area contributed by atoms with Gasteiger partial charge in [0.05, 0.1) is 6.10 Å². The van der Waals surface area contributed by atoms with Crippen LogP contribution in [-0.4, -0.2) is 26.5 Å². The number of hydrogen-bond donors (Lipinski definition) is 0. The van der Waals surface area contributed by atoms with E-state index in [4.69, 9.17) is 9.16 Å². The summed E-state index contributed by atoms with van der Waals surface area (Å²) < 4.78 is 12.1. The van der Waals surface area contributed by atoms with Crippen molar-refractivity contribution in [3.05, 3.63) is 12.2 Å². The van der Waals surface area contributed by atoms with E-state index in [9.17, 15) is 4.79 Å². The van der Waals surface area contributed by atoms with Crippen LogP contribution in [0.5, 0.6) is 0 Å². The number of hydrogen-bond acceptors (Lipinski definition) is 3. The van der Waals surface area contributed by atoms with Crippen molar-refractivity contribution in [1.29, 1.82) is 0 Å². The van der Waals surface area contributed by atoms with E-state index in [1.807, 2.05) is 0 Å². The minimum absolute atomic E-state index is 0.0846. The van der Waals surface area contributed by atoms with Gasteiger partial charge >= 0.3 is 5.97 Å². The molecule has 2 atom stereocenters. The molecule has 0 aromatic heterocycles. The van der Waals surface area contributed by atoms with Crippen molar-refractivity contribution in [1.82, 2.24) is 0 Å². The topological polar surface area (TPSA) is 35.5 Å². The number of allylic oxidation sites excluding steroid dienone is 1. The maximum atomic E-state index is 11.2. The summed E-state index contributed by atoms with van der Waals surface area (Å²) in [5, 5.41) is 0. The third-order valence-electron chi connectivity index (χ3n) is 5.44. The molecule has 0 radical (unpaired) electrons. The average Bonchev–Trinajstić information content (AvgIpc) is 2.56. The van der Waals surface area contributed by atoms with Gasteiger partial charge in [0.1, 0.15) is 6.10 Å². The lowest BCUT2D eigenvalue weighted by atomic mass is 10.0. The Labute approximate surface area is 150 Å². The van der Waals surface area contributed by atoms with Crippen molar-refractivity contribution < 1.29 is 14.0 Å². The van der Waals surface area contributed by atoms with Crippen LogP contribution in [0.25, 0.3) is 0 Å². The van der Waals surface area contributed by atoms with Gasteiger partial charge in [-0.05, 0) is 50.2 Å². The lowest BCUT2D eigenvalue weighted by Gasteiger charge is -2.32. The van der Waals surface area contributed by atoms with E-state index in [1.165, 1.54) is 44.3 Å². The average molecular weight is 355 g/mol. The molecule has 3 nitrogen and oxygen atoms in total. The van der Waals surface area contributed by atoms with Gasteiger partial charge < -0.3 is 9.16 Å². The Morgan fingerprint density at radius 1 is 1.00 bits per heavy atom. The van der Waals surface area contributed by atoms with Crippen molar-refractivity contribution in [2.24, 2.45) is 0 Å². The maximum absolute atomic E-state index is 11.2. The normalized spacial score (nSPS) is 25.3. The highest BCUT2D eigenvalue weighted by atomic mass is 28.4. The SMILES string of the molecule is CC[Si](CC)(CC)OC1/C=C/CCC(OC(C)=O)CCCCCC1.